The molecule has 0 saturated heterocycles. The van der Waals surface area contributed by atoms with E-state index in [1.807, 2.05) is 24.3 Å². The molecule has 0 aliphatic carbocycles. The van der Waals surface area contributed by atoms with Gasteiger partial charge in [-0.3, -0.25) is 15.3 Å². The molecular weight excluding hydrogens is 316 g/mol. The molecule has 2 aromatic rings. The van der Waals surface area contributed by atoms with Crippen molar-refractivity contribution in [2.75, 3.05) is 7.05 Å². The van der Waals surface area contributed by atoms with E-state index in [1.165, 1.54) is 5.56 Å². The zero-order valence-electron chi connectivity index (χ0n) is 11.3. The number of nitrogens with two attached hydrogens (primary N) is 1. The second kappa shape index (κ2) is 6.63. The molecule has 0 aliphatic rings. The molecule has 0 saturated carbocycles. The van der Waals surface area contributed by atoms with Crippen molar-refractivity contribution >= 4 is 21.8 Å². The van der Waals surface area contributed by atoms with Gasteiger partial charge in [0.05, 0.1) is 0 Å². The van der Waals surface area contributed by atoms with Crippen molar-refractivity contribution in [1.29, 1.82) is 5.41 Å². The zero-order valence-corrected chi connectivity index (χ0v) is 12.9. The van der Waals surface area contributed by atoms with Crippen LogP contribution < -0.4 is 5.73 Å². The van der Waals surface area contributed by atoms with Gasteiger partial charge in [0.15, 0.2) is 0 Å². The predicted octanol–water partition coefficient (Wildman–Crippen LogP) is 2.76. The average molecular weight is 333 g/mol. The quantitative estimate of drug-likeness (QED) is 0.653. The Hall–Kier alpha value is -1.72. The largest absolute Gasteiger partial charge is 0.382 e. The minimum Gasteiger partial charge on any atom is -0.382 e. The van der Waals surface area contributed by atoms with Crippen LogP contribution in [0.4, 0.5) is 0 Å². The molecule has 1 aromatic carbocycles. The van der Waals surface area contributed by atoms with Crippen LogP contribution in [0.1, 0.15) is 16.8 Å². The molecule has 0 radical (unpaired) electrons. The molecule has 2 rings (SSSR count). The maximum Gasteiger partial charge on any atom is 0.141 e. The third-order valence-electron chi connectivity index (χ3n) is 2.89. The molecule has 4 nitrogen and oxygen atoms in total. The first-order valence-corrected chi connectivity index (χ1v) is 7.06. The van der Waals surface area contributed by atoms with Crippen molar-refractivity contribution in [3.8, 4) is 0 Å². The smallest absolute Gasteiger partial charge is 0.141 e. The first kappa shape index (κ1) is 14.7. The Morgan fingerprint density at radius 1 is 1.25 bits per heavy atom. The van der Waals surface area contributed by atoms with Gasteiger partial charge in [-0.15, -0.1) is 0 Å². The summed E-state index contributed by atoms with van der Waals surface area (Å²) in [5.74, 6) is 0.00138. The van der Waals surface area contributed by atoms with E-state index in [1.54, 1.807) is 6.20 Å². The fourth-order valence-electron chi connectivity index (χ4n) is 2.03. The fraction of sp³-hybridized carbons (Fsp3) is 0.200. The Morgan fingerprint density at radius 3 is 2.60 bits per heavy atom. The topological polar surface area (TPSA) is 66.0 Å². The van der Waals surface area contributed by atoms with Gasteiger partial charge in [0.1, 0.15) is 11.5 Å². The Bertz CT molecular complexity index is 612. The maximum atomic E-state index is 7.41. The summed E-state index contributed by atoms with van der Waals surface area (Å²) in [6, 6.07) is 12.1. The highest BCUT2D eigenvalue weighted by Crippen LogP contribution is 2.14. The Kier molecular flexibility index (Phi) is 4.87. The van der Waals surface area contributed by atoms with E-state index in [4.69, 9.17) is 11.1 Å². The van der Waals surface area contributed by atoms with Crippen molar-refractivity contribution in [2.24, 2.45) is 5.73 Å². The molecule has 0 spiro atoms. The van der Waals surface area contributed by atoms with Crippen molar-refractivity contribution < 1.29 is 0 Å². The molecule has 0 amide bonds. The third kappa shape index (κ3) is 4.15. The molecule has 3 N–H and O–H groups in total. The van der Waals surface area contributed by atoms with Crippen molar-refractivity contribution in [3.05, 3.63) is 63.9 Å². The van der Waals surface area contributed by atoms with E-state index in [0.717, 1.165) is 23.1 Å². The second-order valence-electron chi connectivity index (χ2n) is 4.77. The van der Waals surface area contributed by atoms with Gasteiger partial charge in [-0.1, -0.05) is 28.1 Å². The number of nitrogen functional groups attached to an aromatic ring is 1. The number of rotatable bonds is 5. The summed E-state index contributed by atoms with van der Waals surface area (Å²) in [6.45, 7) is 1.65. The molecule has 1 heterocycles. The molecular formula is C15H17BrN4. The highest BCUT2D eigenvalue weighted by molar-refractivity contribution is 9.10. The van der Waals surface area contributed by atoms with Crippen LogP contribution in [0, 0.1) is 5.41 Å². The van der Waals surface area contributed by atoms with Gasteiger partial charge in [0.25, 0.3) is 0 Å². The van der Waals surface area contributed by atoms with Gasteiger partial charge in [-0.2, -0.15) is 0 Å². The molecule has 104 valence electrons. The first-order chi connectivity index (χ1) is 9.54. The normalized spacial score (nSPS) is 10.8. The zero-order chi connectivity index (χ0) is 14.5. The maximum absolute atomic E-state index is 7.41. The van der Waals surface area contributed by atoms with Gasteiger partial charge in [-0.05, 0) is 42.4 Å². The highest BCUT2D eigenvalue weighted by Gasteiger charge is 2.05. The Balaban J connectivity index is 2.02. The molecule has 0 aliphatic heterocycles. The standard InChI is InChI=1S/C15H17BrN4/c1-20(9-11-3-2-4-13(16)7-11)10-12-5-6-19-14(8-12)15(17)18/h2-8H,9-10H2,1H3,(H3,17,18). The van der Waals surface area contributed by atoms with E-state index in [0.29, 0.717) is 5.69 Å². The molecule has 0 unspecified atom stereocenters. The average Bonchev–Trinajstić information content (AvgIpc) is 2.38. The van der Waals surface area contributed by atoms with Crippen LogP contribution in [0.2, 0.25) is 0 Å². The first-order valence-electron chi connectivity index (χ1n) is 6.27. The van der Waals surface area contributed by atoms with E-state index in [-0.39, 0.29) is 5.84 Å². The van der Waals surface area contributed by atoms with Crippen molar-refractivity contribution in [1.82, 2.24) is 9.88 Å². The fourth-order valence-corrected chi connectivity index (χ4v) is 2.48. The Labute approximate surface area is 127 Å². The van der Waals surface area contributed by atoms with Crippen molar-refractivity contribution in [2.45, 2.75) is 13.1 Å². The van der Waals surface area contributed by atoms with Crippen LogP contribution in [-0.4, -0.2) is 22.8 Å². The van der Waals surface area contributed by atoms with Crippen LogP contribution in [0.15, 0.2) is 47.1 Å². The molecule has 5 heteroatoms. The minimum atomic E-state index is 0.00138. The number of amidine groups is 1. The summed E-state index contributed by atoms with van der Waals surface area (Å²) in [7, 11) is 2.06. The molecule has 1 aromatic heterocycles. The van der Waals surface area contributed by atoms with Crippen LogP contribution in [0.25, 0.3) is 0 Å². The molecule has 0 atom stereocenters. The Morgan fingerprint density at radius 2 is 1.95 bits per heavy atom. The SMILES string of the molecule is CN(Cc1cccc(Br)c1)Cc1ccnc(C(=N)N)c1. The lowest BCUT2D eigenvalue weighted by molar-refractivity contribution is 0.319. The highest BCUT2D eigenvalue weighted by atomic mass is 79.9. The number of nitrogens with one attached hydrogen (secondary N) is 1. The van der Waals surface area contributed by atoms with E-state index in [9.17, 15) is 0 Å². The molecule has 0 bridgehead atoms. The van der Waals surface area contributed by atoms with Gasteiger partial charge < -0.3 is 5.73 Å². The summed E-state index contributed by atoms with van der Waals surface area (Å²) < 4.78 is 1.09. The number of pyridine rings is 1. The minimum absolute atomic E-state index is 0.00138. The number of aromatic nitrogens is 1. The van der Waals surface area contributed by atoms with Crippen LogP contribution >= 0.6 is 15.9 Å². The van der Waals surface area contributed by atoms with Crippen LogP contribution in [0.3, 0.4) is 0 Å². The summed E-state index contributed by atoms with van der Waals surface area (Å²) in [6.07, 6.45) is 1.69. The summed E-state index contributed by atoms with van der Waals surface area (Å²) in [5.41, 5.74) is 8.33. The third-order valence-corrected chi connectivity index (χ3v) is 3.39. The monoisotopic (exact) mass is 332 g/mol. The number of hydrogen-bond donors (Lipinski definition) is 2. The van der Waals surface area contributed by atoms with E-state index >= 15 is 0 Å². The molecule has 20 heavy (non-hydrogen) atoms. The second-order valence-corrected chi connectivity index (χ2v) is 5.68. The van der Waals surface area contributed by atoms with E-state index < -0.39 is 0 Å². The van der Waals surface area contributed by atoms with Crippen molar-refractivity contribution in [3.63, 3.8) is 0 Å². The van der Waals surface area contributed by atoms with Gasteiger partial charge in [-0.25, -0.2) is 0 Å². The van der Waals surface area contributed by atoms with Gasteiger partial charge >= 0.3 is 0 Å². The lowest BCUT2D eigenvalue weighted by atomic mass is 10.2. The molecule has 0 fully saturated rings. The summed E-state index contributed by atoms with van der Waals surface area (Å²) in [4.78, 5) is 6.28. The van der Waals surface area contributed by atoms with Crippen LogP contribution in [-0.2, 0) is 13.1 Å². The predicted molar refractivity (Wildman–Crippen MR) is 84.6 cm³/mol. The summed E-state index contributed by atoms with van der Waals surface area (Å²) >= 11 is 3.48. The number of halogens is 1. The summed E-state index contributed by atoms with van der Waals surface area (Å²) in [5, 5.41) is 7.41. The number of nitrogens with zero attached hydrogens (tertiary/aromatic N) is 2. The number of hydrogen-bond acceptors (Lipinski definition) is 3. The van der Waals surface area contributed by atoms with Gasteiger partial charge in [0, 0.05) is 23.8 Å². The lowest BCUT2D eigenvalue weighted by Crippen LogP contribution is -2.18. The van der Waals surface area contributed by atoms with Crippen LogP contribution in [0.5, 0.6) is 0 Å². The lowest BCUT2D eigenvalue weighted by Gasteiger charge is -2.17. The van der Waals surface area contributed by atoms with E-state index in [2.05, 4.69) is 45.0 Å². The number of benzene rings is 1. The van der Waals surface area contributed by atoms with Gasteiger partial charge in [0.2, 0.25) is 0 Å².